The van der Waals surface area contributed by atoms with Crippen LogP contribution in [0.1, 0.15) is 15.9 Å². The summed E-state index contributed by atoms with van der Waals surface area (Å²) in [5.74, 6) is 0.114. The molecule has 0 amide bonds. The Labute approximate surface area is 124 Å². The maximum absolute atomic E-state index is 11.6. The van der Waals surface area contributed by atoms with E-state index in [2.05, 4.69) is 17.0 Å². The van der Waals surface area contributed by atoms with E-state index in [9.17, 15) is 4.79 Å². The third-order valence-corrected chi connectivity index (χ3v) is 3.29. The van der Waals surface area contributed by atoms with Gasteiger partial charge in [0.05, 0.1) is 14.2 Å². The third kappa shape index (κ3) is 3.54. The Morgan fingerprint density at radius 3 is 2.43 bits per heavy atom. The molecule has 0 N–H and O–H groups in total. The van der Waals surface area contributed by atoms with Crippen molar-refractivity contribution in [3.05, 3.63) is 59.7 Å². The Hall–Kier alpha value is -2.49. The lowest BCUT2D eigenvalue weighted by molar-refractivity contribution is 0.0597. The molecule has 0 saturated heterocycles. The van der Waals surface area contributed by atoms with E-state index < -0.39 is 5.97 Å². The summed E-state index contributed by atoms with van der Waals surface area (Å²) in [6.45, 7) is 0.779. The number of carbonyl (C=O) groups is 1. The van der Waals surface area contributed by atoms with Gasteiger partial charge in [-0.15, -0.1) is 0 Å². The van der Waals surface area contributed by atoms with Crippen LogP contribution in [0, 0.1) is 0 Å². The number of ether oxygens (including phenoxy) is 2. The predicted octanol–water partition coefficient (Wildman–Crippen LogP) is 3.12. The van der Waals surface area contributed by atoms with Gasteiger partial charge in [-0.05, 0) is 17.7 Å². The van der Waals surface area contributed by atoms with E-state index in [1.807, 2.05) is 37.4 Å². The normalized spacial score (nSPS) is 10.0. The number of anilines is 1. The fourth-order valence-corrected chi connectivity index (χ4v) is 2.14. The van der Waals surface area contributed by atoms with E-state index in [-0.39, 0.29) is 0 Å². The van der Waals surface area contributed by atoms with Crippen LogP contribution in [0.4, 0.5) is 5.69 Å². The summed E-state index contributed by atoms with van der Waals surface area (Å²) in [6.07, 6.45) is 0. The van der Waals surface area contributed by atoms with Gasteiger partial charge >= 0.3 is 5.97 Å². The van der Waals surface area contributed by atoms with Gasteiger partial charge in [-0.3, -0.25) is 0 Å². The first-order valence-corrected chi connectivity index (χ1v) is 6.67. The van der Waals surface area contributed by atoms with Crippen LogP contribution in [-0.2, 0) is 11.3 Å². The molecule has 0 fully saturated rings. The summed E-state index contributed by atoms with van der Waals surface area (Å²) < 4.78 is 10.0. The molecule has 21 heavy (non-hydrogen) atoms. The molecular weight excluding hydrogens is 266 g/mol. The minimum Gasteiger partial charge on any atom is -0.496 e. The van der Waals surface area contributed by atoms with E-state index >= 15 is 0 Å². The second-order valence-corrected chi connectivity index (χ2v) is 4.72. The number of hydrogen-bond acceptors (Lipinski definition) is 4. The van der Waals surface area contributed by atoms with Gasteiger partial charge in [0.25, 0.3) is 0 Å². The highest BCUT2D eigenvalue weighted by atomic mass is 16.5. The summed E-state index contributed by atoms with van der Waals surface area (Å²) in [6, 6.07) is 15.6. The Morgan fingerprint density at radius 2 is 1.81 bits per heavy atom. The molecule has 0 aliphatic carbocycles. The minimum absolute atomic E-state index is 0.399. The maximum atomic E-state index is 11.6. The molecule has 110 valence electrons. The molecule has 2 aromatic rings. The quantitative estimate of drug-likeness (QED) is 0.791. The fourth-order valence-electron chi connectivity index (χ4n) is 2.14. The number of esters is 1. The van der Waals surface area contributed by atoms with Crippen molar-refractivity contribution in [2.75, 3.05) is 26.2 Å². The summed E-state index contributed by atoms with van der Waals surface area (Å²) >= 11 is 0. The molecule has 4 heteroatoms. The summed E-state index contributed by atoms with van der Waals surface area (Å²) in [7, 11) is 4.90. The maximum Gasteiger partial charge on any atom is 0.341 e. The number of carbonyl (C=O) groups excluding carboxylic acids is 1. The van der Waals surface area contributed by atoms with E-state index in [0.717, 1.165) is 12.2 Å². The monoisotopic (exact) mass is 285 g/mol. The average molecular weight is 285 g/mol. The average Bonchev–Trinajstić information content (AvgIpc) is 2.54. The van der Waals surface area contributed by atoms with E-state index in [1.165, 1.54) is 12.7 Å². The molecule has 0 atom stereocenters. The second kappa shape index (κ2) is 6.79. The van der Waals surface area contributed by atoms with Gasteiger partial charge in [0, 0.05) is 25.3 Å². The molecule has 0 bridgehead atoms. The van der Waals surface area contributed by atoms with Gasteiger partial charge in [-0.2, -0.15) is 0 Å². The van der Waals surface area contributed by atoms with Crippen molar-refractivity contribution in [3.63, 3.8) is 0 Å². The van der Waals surface area contributed by atoms with Crippen LogP contribution in [0.3, 0.4) is 0 Å². The van der Waals surface area contributed by atoms with Gasteiger partial charge in [-0.1, -0.05) is 30.3 Å². The molecule has 0 aliphatic heterocycles. The Morgan fingerprint density at radius 1 is 1.10 bits per heavy atom. The zero-order chi connectivity index (χ0) is 15.2. The number of nitrogens with zero attached hydrogens (tertiary/aromatic N) is 1. The summed E-state index contributed by atoms with van der Waals surface area (Å²) in [5, 5.41) is 0. The van der Waals surface area contributed by atoms with Crippen molar-refractivity contribution >= 4 is 11.7 Å². The lowest BCUT2D eigenvalue weighted by Gasteiger charge is -2.20. The lowest BCUT2D eigenvalue weighted by Crippen LogP contribution is -2.16. The van der Waals surface area contributed by atoms with Crippen LogP contribution >= 0.6 is 0 Å². The number of benzene rings is 2. The highest BCUT2D eigenvalue weighted by Crippen LogP contribution is 2.26. The third-order valence-electron chi connectivity index (χ3n) is 3.29. The molecule has 4 nitrogen and oxygen atoms in total. The topological polar surface area (TPSA) is 38.8 Å². The largest absolute Gasteiger partial charge is 0.496 e. The lowest BCUT2D eigenvalue weighted by atomic mass is 10.1. The summed E-state index contributed by atoms with van der Waals surface area (Å²) in [4.78, 5) is 13.7. The zero-order valence-corrected chi connectivity index (χ0v) is 12.5. The zero-order valence-electron chi connectivity index (χ0n) is 12.5. The van der Waals surface area contributed by atoms with Gasteiger partial charge < -0.3 is 14.4 Å². The molecule has 0 radical (unpaired) electrons. The first-order chi connectivity index (χ1) is 10.2. The van der Waals surface area contributed by atoms with Crippen molar-refractivity contribution in [2.45, 2.75) is 6.54 Å². The van der Waals surface area contributed by atoms with Crippen molar-refractivity contribution in [1.82, 2.24) is 0 Å². The van der Waals surface area contributed by atoms with Gasteiger partial charge in [0.2, 0.25) is 0 Å². The van der Waals surface area contributed by atoms with Gasteiger partial charge in [0.15, 0.2) is 0 Å². The van der Waals surface area contributed by atoms with Crippen LogP contribution < -0.4 is 9.64 Å². The first-order valence-electron chi connectivity index (χ1n) is 6.67. The smallest absolute Gasteiger partial charge is 0.341 e. The van der Waals surface area contributed by atoms with Crippen LogP contribution in [-0.4, -0.2) is 27.2 Å². The molecule has 0 aromatic heterocycles. The minimum atomic E-state index is -0.399. The van der Waals surface area contributed by atoms with Crippen molar-refractivity contribution in [3.8, 4) is 5.75 Å². The number of rotatable bonds is 5. The fraction of sp³-hybridized carbons (Fsp3) is 0.235. The molecule has 0 aliphatic rings. The molecule has 2 aromatic carbocycles. The molecule has 0 heterocycles. The van der Waals surface area contributed by atoms with Crippen molar-refractivity contribution in [2.24, 2.45) is 0 Å². The predicted molar refractivity (Wildman–Crippen MR) is 82.9 cm³/mol. The molecule has 0 unspecified atom stereocenters. The van der Waals surface area contributed by atoms with Crippen LogP contribution in [0.5, 0.6) is 5.75 Å². The standard InChI is InChI=1S/C17H19NO3/c1-18(12-13-7-5-4-6-8-13)14-9-10-15(17(19)21-3)16(11-14)20-2/h4-11H,12H2,1-3H3. The van der Waals surface area contributed by atoms with Crippen molar-refractivity contribution in [1.29, 1.82) is 0 Å². The SMILES string of the molecule is COC(=O)c1ccc(N(C)Cc2ccccc2)cc1OC. The van der Waals surface area contributed by atoms with Crippen LogP contribution in [0.15, 0.2) is 48.5 Å². The first kappa shape index (κ1) is 14.9. The van der Waals surface area contributed by atoms with E-state index in [4.69, 9.17) is 9.47 Å². The van der Waals surface area contributed by atoms with Gasteiger partial charge in [0.1, 0.15) is 11.3 Å². The van der Waals surface area contributed by atoms with Gasteiger partial charge in [-0.25, -0.2) is 4.79 Å². The Balaban J connectivity index is 2.22. The molecular formula is C17H19NO3. The second-order valence-electron chi connectivity index (χ2n) is 4.72. The number of hydrogen-bond donors (Lipinski definition) is 0. The molecule has 0 saturated carbocycles. The highest BCUT2D eigenvalue weighted by molar-refractivity contribution is 5.93. The molecule has 2 rings (SSSR count). The Kier molecular flexibility index (Phi) is 4.82. The molecule has 0 spiro atoms. The highest BCUT2D eigenvalue weighted by Gasteiger charge is 2.14. The van der Waals surface area contributed by atoms with E-state index in [1.54, 1.807) is 13.2 Å². The summed E-state index contributed by atoms with van der Waals surface area (Å²) in [5.41, 5.74) is 2.62. The van der Waals surface area contributed by atoms with Crippen LogP contribution in [0.2, 0.25) is 0 Å². The van der Waals surface area contributed by atoms with Crippen molar-refractivity contribution < 1.29 is 14.3 Å². The number of methoxy groups -OCH3 is 2. The Bertz CT molecular complexity index is 611. The van der Waals surface area contributed by atoms with Crippen LogP contribution in [0.25, 0.3) is 0 Å². The van der Waals surface area contributed by atoms with E-state index in [0.29, 0.717) is 11.3 Å².